The summed E-state index contributed by atoms with van der Waals surface area (Å²) in [6.45, 7) is 9.95. The highest BCUT2D eigenvalue weighted by Gasteiger charge is 2.50. The topological polar surface area (TPSA) is 106 Å². The molecule has 9 nitrogen and oxygen atoms in total. The molecule has 2 aromatic heterocycles. The fraction of sp³-hybridized carbons (Fsp3) is 0.682. The van der Waals surface area contributed by atoms with Gasteiger partial charge >= 0.3 is 0 Å². The lowest BCUT2D eigenvalue weighted by Crippen LogP contribution is -2.51. The molecule has 3 heterocycles. The Bertz CT molecular complexity index is 935. The minimum absolute atomic E-state index is 0.130. The Balaban J connectivity index is 1.35. The molecule has 1 aliphatic carbocycles. The largest absolute Gasteiger partial charge is 0.361 e. The maximum absolute atomic E-state index is 12.8. The quantitative estimate of drug-likeness (QED) is 0.758. The summed E-state index contributed by atoms with van der Waals surface area (Å²) in [6, 6.07) is 0.242. The molecule has 9 heteroatoms. The standard InChI is InChI=1S/C22H32N6O3/c1-14(2)12-23-21(30)18-13-28(26-24-18)19-5-6-22(19)7-9-27(10-8-22)20(29)11-17-15(3)25-31-16(17)4/h13-14,19H,5-12H2,1-4H3,(H,23,30). The van der Waals surface area contributed by atoms with Crippen LogP contribution in [0.1, 0.15) is 73.1 Å². The highest BCUT2D eigenvalue weighted by Crippen LogP contribution is 2.56. The summed E-state index contributed by atoms with van der Waals surface area (Å²) in [6.07, 6.45) is 6.16. The van der Waals surface area contributed by atoms with Crippen LogP contribution < -0.4 is 5.32 Å². The van der Waals surface area contributed by atoms with Gasteiger partial charge in [0.25, 0.3) is 5.91 Å². The molecule has 1 N–H and O–H groups in total. The Kier molecular flexibility index (Phi) is 5.85. The predicted octanol–water partition coefficient (Wildman–Crippen LogP) is 2.46. The van der Waals surface area contributed by atoms with Gasteiger partial charge in [-0.15, -0.1) is 5.10 Å². The molecule has 0 bridgehead atoms. The van der Waals surface area contributed by atoms with Crippen LogP contribution in [-0.4, -0.2) is 56.5 Å². The van der Waals surface area contributed by atoms with Crippen LogP contribution in [-0.2, 0) is 11.2 Å². The normalized spacial score (nSPS) is 20.2. The van der Waals surface area contributed by atoms with Crippen LogP contribution in [0.15, 0.2) is 10.7 Å². The van der Waals surface area contributed by atoms with Gasteiger partial charge in [0.2, 0.25) is 5.91 Å². The second-order valence-electron chi connectivity index (χ2n) is 9.46. The number of aromatic nitrogens is 4. The van der Waals surface area contributed by atoms with Gasteiger partial charge in [-0.05, 0) is 50.9 Å². The van der Waals surface area contributed by atoms with E-state index >= 15 is 0 Å². The van der Waals surface area contributed by atoms with Crippen LogP contribution in [0.3, 0.4) is 0 Å². The minimum atomic E-state index is -0.173. The molecule has 2 aliphatic rings. The van der Waals surface area contributed by atoms with E-state index in [1.165, 1.54) is 0 Å². The summed E-state index contributed by atoms with van der Waals surface area (Å²) in [5.74, 6) is 1.07. The number of piperidine rings is 1. The third-order valence-electron chi connectivity index (χ3n) is 6.98. The lowest BCUT2D eigenvalue weighted by molar-refractivity contribution is -0.135. The first-order valence-corrected chi connectivity index (χ1v) is 11.2. The molecule has 4 rings (SSSR count). The van der Waals surface area contributed by atoms with Crippen LogP contribution in [0.4, 0.5) is 0 Å². The van der Waals surface area contributed by atoms with Gasteiger partial charge in [-0.3, -0.25) is 9.59 Å². The van der Waals surface area contributed by atoms with Gasteiger partial charge in [0.05, 0.1) is 24.4 Å². The minimum Gasteiger partial charge on any atom is -0.361 e. The first kappa shape index (κ1) is 21.5. The van der Waals surface area contributed by atoms with E-state index in [-0.39, 0.29) is 23.3 Å². The molecular formula is C22H32N6O3. The summed E-state index contributed by atoms with van der Waals surface area (Å²) in [7, 11) is 0. The number of nitrogens with one attached hydrogen (secondary N) is 1. The highest BCUT2D eigenvalue weighted by atomic mass is 16.5. The first-order chi connectivity index (χ1) is 14.8. The van der Waals surface area contributed by atoms with Crippen LogP contribution in [0.25, 0.3) is 0 Å². The second kappa shape index (κ2) is 8.43. The van der Waals surface area contributed by atoms with Gasteiger partial charge in [0, 0.05) is 25.2 Å². The highest BCUT2D eigenvalue weighted by molar-refractivity contribution is 5.91. The maximum atomic E-state index is 12.8. The molecule has 1 unspecified atom stereocenters. The molecule has 0 aromatic carbocycles. The molecule has 2 aromatic rings. The molecule has 1 spiro atoms. The summed E-state index contributed by atoms with van der Waals surface area (Å²) in [5.41, 5.74) is 2.20. The van der Waals surface area contributed by atoms with Gasteiger partial charge < -0.3 is 14.7 Å². The fourth-order valence-electron chi connectivity index (χ4n) is 4.82. The molecule has 1 saturated heterocycles. The summed E-state index contributed by atoms with van der Waals surface area (Å²) in [4.78, 5) is 27.0. The van der Waals surface area contributed by atoms with Crippen LogP contribution in [0.2, 0.25) is 0 Å². The lowest BCUT2D eigenvalue weighted by atomic mass is 9.59. The van der Waals surface area contributed by atoms with Crippen molar-refractivity contribution in [2.75, 3.05) is 19.6 Å². The zero-order valence-electron chi connectivity index (χ0n) is 18.8. The Morgan fingerprint density at radius 1 is 1.26 bits per heavy atom. The summed E-state index contributed by atoms with van der Waals surface area (Å²) < 4.78 is 7.06. The molecule has 1 atom stereocenters. The monoisotopic (exact) mass is 428 g/mol. The van der Waals surface area contributed by atoms with E-state index in [0.717, 1.165) is 55.8 Å². The molecule has 2 amide bonds. The fourth-order valence-corrected chi connectivity index (χ4v) is 4.82. The van der Waals surface area contributed by atoms with E-state index < -0.39 is 0 Å². The Hall–Kier alpha value is -2.71. The average Bonchev–Trinajstić information content (AvgIpc) is 3.33. The number of hydrogen-bond acceptors (Lipinski definition) is 6. The van der Waals surface area contributed by atoms with E-state index in [9.17, 15) is 9.59 Å². The molecule has 1 saturated carbocycles. The van der Waals surface area contributed by atoms with E-state index in [4.69, 9.17) is 4.52 Å². The van der Waals surface area contributed by atoms with Gasteiger partial charge in [0.15, 0.2) is 5.69 Å². The van der Waals surface area contributed by atoms with E-state index in [2.05, 4.69) is 34.6 Å². The van der Waals surface area contributed by atoms with Crippen LogP contribution in [0, 0.1) is 25.2 Å². The van der Waals surface area contributed by atoms with Gasteiger partial charge in [-0.25, -0.2) is 4.68 Å². The Morgan fingerprint density at radius 3 is 2.58 bits per heavy atom. The second-order valence-corrected chi connectivity index (χ2v) is 9.46. The molecule has 1 aliphatic heterocycles. The van der Waals surface area contributed by atoms with Crippen molar-refractivity contribution in [3.05, 3.63) is 28.9 Å². The van der Waals surface area contributed by atoms with Crippen molar-refractivity contribution < 1.29 is 14.1 Å². The van der Waals surface area contributed by atoms with Crippen molar-refractivity contribution in [2.24, 2.45) is 11.3 Å². The van der Waals surface area contributed by atoms with Crippen molar-refractivity contribution in [1.29, 1.82) is 0 Å². The Morgan fingerprint density at radius 2 is 2.00 bits per heavy atom. The Labute approximate surface area is 182 Å². The van der Waals surface area contributed by atoms with Gasteiger partial charge in [-0.1, -0.05) is 24.2 Å². The number of amides is 2. The smallest absolute Gasteiger partial charge is 0.273 e. The van der Waals surface area contributed by atoms with Crippen molar-refractivity contribution in [1.82, 2.24) is 30.4 Å². The molecular weight excluding hydrogens is 396 g/mol. The SMILES string of the molecule is Cc1noc(C)c1CC(=O)N1CCC2(CCC2n2cc(C(=O)NCC(C)C)nn2)CC1. The predicted molar refractivity (Wildman–Crippen MR) is 113 cm³/mol. The molecule has 2 fully saturated rings. The maximum Gasteiger partial charge on any atom is 0.273 e. The number of aryl methyl sites for hydroxylation is 2. The van der Waals surface area contributed by atoms with Gasteiger partial charge in [0.1, 0.15) is 5.76 Å². The van der Waals surface area contributed by atoms with Gasteiger partial charge in [-0.2, -0.15) is 0 Å². The summed E-state index contributed by atoms with van der Waals surface area (Å²) in [5, 5.41) is 15.2. The molecule has 31 heavy (non-hydrogen) atoms. The first-order valence-electron chi connectivity index (χ1n) is 11.2. The number of likely N-dealkylation sites (tertiary alicyclic amines) is 1. The molecule has 168 valence electrons. The van der Waals surface area contributed by atoms with Crippen molar-refractivity contribution in [3.63, 3.8) is 0 Å². The van der Waals surface area contributed by atoms with E-state index in [0.29, 0.717) is 24.6 Å². The van der Waals surface area contributed by atoms with Crippen LogP contribution in [0.5, 0.6) is 0 Å². The van der Waals surface area contributed by atoms with Crippen LogP contribution >= 0.6 is 0 Å². The third-order valence-corrected chi connectivity index (χ3v) is 6.98. The number of carbonyl (C=O) groups excluding carboxylic acids is 2. The average molecular weight is 429 g/mol. The van der Waals surface area contributed by atoms with Crippen molar-refractivity contribution >= 4 is 11.8 Å². The molecule has 0 radical (unpaired) electrons. The van der Waals surface area contributed by atoms with Crippen molar-refractivity contribution in [2.45, 2.75) is 65.8 Å². The number of carbonyl (C=O) groups is 2. The number of rotatable bonds is 6. The van der Waals surface area contributed by atoms with E-state index in [1.54, 1.807) is 6.20 Å². The zero-order chi connectivity index (χ0) is 22.2. The third kappa shape index (κ3) is 4.22. The summed E-state index contributed by atoms with van der Waals surface area (Å²) >= 11 is 0. The number of nitrogens with zero attached hydrogens (tertiary/aromatic N) is 5. The van der Waals surface area contributed by atoms with E-state index in [1.807, 2.05) is 23.4 Å². The number of hydrogen-bond donors (Lipinski definition) is 1. The lowest BCUT2D eigenvalue weighted by Gasteiger charge is -2.53. The zero-order valence-corrected chi connectivity index (χ0v) is 18.8. The van der Waals surface area contributed by atoms with Crippen molar-refractivity contribution in [3.8, 4) is 0 Å².